The molecule has 2 aliphatic rings. The fourth-order valence-electron chi connectivity index (χ4n) is 3.44. The standard InChI is InChI=1S/C18H30O4/c1-2-3-13-21-17(19)14-9-11-15(12-10-14)18(20)22-16-7-5-4-6-8-16/h14-16H,2-13H2,1H3. The van der Waals surface area contributed by atoms with E-state index >= 15 is 0 Å². The van der Waals surface area contributed by atoms with Gasteiger partial charge in [-0.15, -0.1) is 0 Å². The van der Waals surface area contributed by atoms with Gasteiger partial charge in [0.25, 0.3) is 0 Å². The van der Waals surface area contributed by atoms with Gasteiger partial charge in [0, 0.05) is 0 Å². The van der Waals surface area contributed by atoms with E-state index in [9.17, 15) is 9.59 Å². The smallest absolute Gasteiger partial charge is 0.309 e. The molecule has 0 radical (unpaired) electrons. The Morgan fingerprint density at radius 2 is 1.45 bits per heavy atom. The number of carbonyl (C=O) groups is 2. The molecular weight excluding hydrogens is 280 g/mol. The van der Waals surface area contributed by atoms with E-state index in [1.54, 1.807) is 0 Å². The fourth-order valence-corrected chi connectivity index (χ4v) is 3.44. The van der Waals surface area contributed by atoms with Crippen molar-refractivity contribution in [3.8, 4) is 0 Å². The molecule has 126 valence electrons. The number of hydrogen-bond donors (Lipinski definition) is 0. The second-order valence-corrected chi connectivity index (χ2v) is 6.77. The van der Waals surface area contributed by atoms with E-state index in [4.69, 9.17) is 9.47 Å². The van der Waals surface area contributed by atoms with Gasteiger partial charge >= 0.3 is 11.9 Å². The first-order valence-corrected chi connectivity index (χ1v) is 9.07. The topological polar surface area (TPSA) is 52.6 Å². The highest BCUT2D eigenvalue weighted by molar-refractivity contribution is 5.75. The molecule has 4 heteroatoms. The molecule has 0 aliphatic heterocycles. The summed E-state index contributed by atoms with van der Waals surface area (Å²) < 4.78 is 10.9. The van der Waals surface area contributed by atoms with Gasteiger partial charge in [-0.2, -0.15) is 0 Å². The van der Waals surface area contributed by atoms with Crippen LogP contribution in [-0.2, 0) is 19.1 Å². The number of rotatable bonds is 6. The van der Waals surface area contributed by atoms with Crippen molar-refractivity contribution in [1.82, 2.24) is 0 Å². The first kappa shape index (κ1) is 17.3. The van der Waals surface area contributed by atoms with Gasteiger partial charge in [0.15, 0.2) is 0 Å². The Labute approximate surface area is 133 Å². The lowest BCUT2D eigenvalue weighted by molar-refractivity contribution is -0.159. The van der Waals surface area contributed by atoms with Crippen LogP contribution in [0.3, 0.4) is 0 Å². The SMILES string of the molecule is CCCCOC(=O)C1CCC(C(=O)OC2CCCCC2)CC1. The zero-order valence-electron chi connectivity index (χ0n) is 13.9. The Bertz CT molecular complexity index is 352. The summed E-state index contributed by atoms with van der Waals surface area (Å²) in [5, 5.41) is 0. The molecule has 2 saturated carbocycles. The van der Waals surface area contributed by atoms with Crippen molar-refractivity contribution < 1.29 is 19.1 Å². The first-order valence-electron chi connectivity index (χ1n) is 9.07. The summed E-state index contributed by atoms with van der Waals surface area (Å²) in [6.07, 6.45) is 10.8. The third-order valence-corrected chi connectivity index (χ3v) is 4.97. The minimum Gasteiger partial charge on any atom is -0.465 e. The molecule has 0 heterocycles. The van der Waals surface area contributed by atoms with Crippen molar-refractivity contribution >= 4 is 11.9 Å². The van der Waals surface area contributed by atoms with Crippen LogP contribution < -0.4 is 0 Å². The number of unbranched alkanes of at least 4 members (excludes halogenated alkanes) is 1. The molecule has 0 spiro atoms. The van der Waals surface area contributed by atoms with Gasteiger partial charge in [-0.1, -0.05) is 19.8 Å². The van der Waals surface area contributed by atoms with Crippen molar-refractivity contribution in [2.45, 2.75) is 83.7 Å². The van der Waals surface area contributed by atoms with Gasteiger partial charge in [0.05, 0.1) is 18.4 Å². The van der Waals surface area contributed by atoms with Crippen molar-refractivity contribution in [3.05, 3.63) is 0 Å². The maximum absolute atomic E-state index is 12.2. The molecule has 0 unspecified atom stereocenters. The molecule has 0 aromatic carbocycles. The summed E-state index contributed by atoms with van der Waals surface area (Å²) in [7, 11) is 0. The molecule has 0 bridgehead atoms. The van der Waals surface area contributed by atoms with Gasteiger partial charge in [0.2, 0.25) is 0 Å². The van der Waals surface area contributed by atoms with Crippen molar-refractivity contribution in [3.63, 3.8) is 0 Å². The molecule has 0 amide bonds. The second-order valence-electron chi connectivity index (χ2n) is 6.77. The maximum atomic E-state index is 12.2. The lowest BCUT2D eigenvalue weighted by Crippen LogP contribution is -2.31. The predicted octanol–water partition coefficient (Wildman–Crippen LogP) is 4.01. The van der Waals surface area contributed by atoms with Crippen LogP contribution in [0.4, 0.5) is 0 Å². The minimum atomic E-state index is -0.0763. The van der Waals surface area contributed by atoms with Gasteiger partial charge < -0.3 is 9.47 Å². The number of carbonyl (C=O) groups excluding carboxylic acids is 2. The highest BCUT2D eigenvalue weighted by Crippen LogP contribution is 2.31. The van der Waals surface area contributed by atoms with Crippen LogP contribution in [0.1, 0.15) is 77.6 Å². The fraction of sp³-hybridized carbons (Fsp3) is 0.889. The Hall–Kier alpha value is -1.06. The summed E-state index contributed by atoms with van der Waals surface area (Å²) in [5.74, 6) is -0.144. The number of esters is 2. The lowest BCUT2D eigenvalue weighted by atomic mass is 9.82. The summed E-state index contributed by atoms with van der Waals surface area (Å²) in [4.78, 5) is 24.1. The van der Waals surface area contributed by atoms with Gasteiger partial charge in [-0.25, -0.2) is 0 Å². The Balaban J connectivity index is 1.67. The molecule has 2 fully saturated rings. The highest BCUT2D eigenvalue weighted by Gasteiger charge is 2.32. The molecular formula is C18H30O4. The predicted molar refractivity (Wildman–Crippen MR) is 84.3 cm³/mol. The Morgan fingerprint density at radius 3 is 2.05 bits per heavy atom. The van der Waals surface area contributed by atoms with E-state index in [2.05, 4.69) is 6.92 Å². The van der Waals surface area contributed by atoms with E-state index < -0.39 is 0 Å². The Morgan fingerprint density at radius 1 is 0.864 bits per heavy atom. The van der Waals surface area contributed by atoms with E-state index in [-0.39, 0.29) is 29.9 Å². The van der Waals surface area contributed by atoms with Crippen LogP contribution in [0, 0.1) is 11.8 Å². The number of ether oxygens (including phenoxy) is 2. The van der Waals surface area contributed by atoms with Gasteiger partial charge in [-0.3, -0.25) is 9.59 Å². The van der Waals surface area contributed by atoms with E-state index in [0.29, 0.717) is 6.61 Å². The van der Waals surface area contributed by atoms with Gasteiger partial charge in [0.1, 0.15) is 6.10 Å². The molecule has 2 aliphatic carbocycles. The lowest BCUT2D eigenvalue weighted by Gasteiger charge is -2.28. The van der Waals surface area contributed by atoms with Crippen molar-refractivity contribution in [2.75, 3.05) is 6.61 Å². The average Bonchev–Trinajstić information content (AvgIpc) is 2.56. The highest BCUT2D eigenvalue weighted by atomic mass is 16.5. The average molecular weight is 310 g/mol. The van der Waals surface area contributed by atoms with E-state index in [0.717, 1.165) is 51.4 Å². The van der Waals surface area contributed by atoms with Crippen LogP contribution in [-0.4, -0.2) is 24.6 Å². The van der Waals surface area contributed by atoms with E-state index in [1.807, 2.05) is 0 Å². The molecule has 0 atom stereocenters. The van der Waals surface area contributed by atoms with Crippen LogP contribution in [0.5, 0.6) is 0 Å². The third-order valence-electron chi connectivity index (χ3n) is 4.97. The zero-order valence-corrected chi connectivity index (χ0v) is 13.9. The molecule has 22 heavy (non-hydrogen) atoms. The minimum absolute atomic E-state index is 0.0124. The van der Waals surface area contributed by atoms with E-state index in [1.165, 1.54) is 19.3 Å². The molecule has 0 saturated heterocycles. The molecule has 0 aromatic rings. The zero-order chi connectivity index (χ0) is 15.8. The Kier molecular flexibility index (Phi) is 7.20. The first-order chi connectivity index (χ1) is 10.7. The van der Waals surface area contributed by atoms with Crippen molar-refractivity contribution in [2.24, 2.45) is 11.8 Å². The third kappa shape index (κ3) is 5.29. The summed E-state index contributed by atoms with van der Waals surface area (Å²) in [6, 6.07) is 0. The molecule has 2 rings (SSSR count). The van der Waals surface area contributed by atoms with Crippen molar-refractivity contribution in [1.29, 1.82) is 0 Å². The van der Waals surface area contributed by atoms with Gasteiger partial charge in [-0.05, 0) is 57.8 Å². The summed E-state index contributed by atoms with van der Waals surface area (Å²) >= 11 is 0. The molecule has 4 nitrogen and oxygen atoms in total. The number of hydrogen-bond acceptors (Lipinski definition) is 4. The molecule has 0 N–H and O–H groups in total. The van der Waals surface area contributed by atoms with Crippen LogP contribution in [0.25, 0.3) is 0 Å². The summed E-state index contributed by atoms with van der Waals surface area (Å²) in [5.41, 5.74) is 0. The quantitative estimate of drug-likeness (QED) is 0.549. The summed E-state index contributed by atoms with van der Waals surface area (Å²) in [6.45, 7) is 2.61. The largest absolute Gasteiger partial charge is 0.465 e. The maximum Gasteiger partial charge on any atom is 0.309 e. The van der Waals surface area contributed by atoms with Crippen LogP contribution in [0.15, 0.2) is 0 Å². The second kappa shape index (κ2) is 9.16. The van der Waals surface area contributed by atoms with Crippen LogP contribution >= 0.6 is 0 Å². The molecule has 0 aromatic heterocycles. The normalized spacial score (nSPS) is 26.4. The van der Waals surface area contributed by atoms with Crippen LogP contribution in [0.2, 0.25) is 0 Å². The monoisotopic (exact) mass is 310 g/mol.